The molecule has 0 aliphatic heterocycles. The fourth-order valence-electron chi connectivity index (χ4n) is 1.50. The lowest BCUT2D eigenvalue weighted by molar-refractivity contribution is -0.136. The summed E-state index contributed by atoms with van der Waals surface area (Å²) >= 11 is 0. The molecule has 0 aliphatic carbocycles. The van der Waals surface area contributed by atoms with Gasteiger partial charge in [-0.2, -0.15) is 0 Å². The number of aliphatic carboxylic acids is 1. The van der Waals surface area contributed by atoms with Crippen molar-refractivity contribution in [3.63, 3.8) is 0 Å². The van der Waals surface area contributed by atoms with E-state index in [1.165, 1.54) is 25.7 Å². The minimum Gasteiger partial charge on any atom is -0.481 e. The molecule has 0 aromatic rings. The summed E-state index contributed by atoms with van der Waals surface area (Å²) in [6.45, 7) is 2.22. The number of carbonyl (C=O) groups is 1. The molecular weight excluding hydrogens is 224 g/mol. The number of unbranched alkanes of at least 4 members (excludes halogenated alkanes) is 4. The number of rotatable bonds is 11. The second-order valence-corrected chi connectivity index (χ2v) is 4.33. The monoisotopic (exact) mass is 250 g/mol. The van der Waals surface area contributed by atoms with Crippen LogP contribution in [0.15, 0.2) is 36.5 Å². The number of allylic oxidation sites excluding steroid dienone is 6. The van der Waals surface area contributed by atoms with Gasteiger partial charge >= 0.3 is 5.97 Å². The van der Waals surface area contributed by atoms with Gasteiger partial charge in [0.2, 0.25) is 0 Å². The fourth-order valence-corrected chi connectivity index (χ4v) is 1.50. The second-order valence-electron chi connectivity index (χ2n) is 4.33. The number of hydrogen-bond acceptors (Lipinski definition) is 1. The molecule has 0 unspecified atom stereocenters. The number of hydrogen-bond donors (Lipinski definition) is 1. The smallest absolute Gasteiger partial charge is 0.303 e. The molecule has 0 fully saturated rings. The first-order chi connectivity index (χ1) is 8.77. The first kappa shape index (κ1) is 16.7. The quantitative estimate of drug-likeness (QED) is 0.322. The molecule has 0 atom stereocenters. The molecule has 18 heavy (non-hydrogen) atoms. The van der Waals surface area contributed by atoms with Crippen LogP contribution < -0.4 is 0 Å². The summed E-state index contributed by atoms with van der Waals surface area (Å²) in [5, 5.41) is 8.43. The van der Waals surface area contributed by atoms with Crippen molar-refractivity contribution in [2.24, 2.45) is 0 Å². The van der Waals surface area contributed by atoms with Crippen LogP contribution in [-0.4, -0.2) is 11.1 Å². The zero-order valence-corrected chi connectivity index (χ0v) is 11.5. The predicted molar refractivity (Wildman–Crippen MR) is 77.7 cm³/mol. The van der Waals surface area contributed by atoms with Crippen LogP contribution in [0, 0.1) is 0 Å². The van der Waals surface area contributed by atoms with Crippen molar-refractivity contribution in [2.45, 2.75) is 58.3 Å². The molecule has 0 saturated carbocycles. The van der Waals surface area contributed by atoms with Crippen LogP contribution in [0.2, 0.25) is 0 Å². The van der Waals surface area contributed by atoms with Crippen LogP contribution in [0.5, 0.6) is 0 Å². The van der Waals surface area contributed by atoms with E-state index in [1.807, 2.05) is 18.2 Å². The molecule has 0 amide bonds. The Kier molecular flexibility index (Phi) is 12.8. The number of carboxylic acids is 1. The van der Waals surface area contributed by atoms with Gasteiger partial charge in [-0.3, -0.25) is 4.79 Å². The van der Waals surface area contributed by atoms with E-state index in [9.17, 15) is 4.79 Å². The average molecular weight is 250 g/mol. The highest BCUT2D eigenvalue weighted by Gasteiger charge is 1.90. The van der Waals surface area contributed by atoms with Crippen molar-refractivity contribution in [1.82, 2.24) is 0 Å². The maximum Gasteiger partial charge on any atom is 0.303 e. The topological polar surface area (TPSA) is 37.3 Å². The van der Waals surface area contributed by atoms with Crippen molar-refractivity contribution < 1.29 is 9.90 Å². The predicted octanol–water partition coefficient (Wildman–Crippen LogP) is 4.88. The molecule has 0 aromatic heterocycles. The molecular formula is C16H26O2. The molecule has 2 nitrogen and oxygen atoms in total. The molecule has 0 spiro atoms. The van der Waals surface area contributed by atoms with Gasteiger partial charge in [0.25, 0.3) is 0 Å². The third-order valence-corrected chi connectivity index (χ3v) is 2.55. The largest absolute Gasteiger partial charge is 0.481 e. The maximum absolute atomic E-state index is 10.2. The maximum atomic E-state index is 10.2. The normalized spacial score (nSPS) is 12.1. The lowest BCUT2D eigenvalue weighted by Crippen LogP contribution is -1.91. The van der Waals surface area contributed by atoms with Gasteiger partial charge in [-0.15, -0.1) is 0 Å². The molecule has 0 aliphatic rings. The molecule has 0 aromatic carbocycles. The zero-order valence-electron chi connectivity index (χ0n) is 11.5. The molecule has 2 heteroatoms. The van der Waals surface area contributed by atoms with Gasteiger partial charge in [-0.1, -0.05) is 56.2 Å². The molecule has 0 bridgehead atoms. The average Bonchev–Trinajstić information content (AvgIpc) is 2.34. The van der Waals surface area contributed by atoms with Crippen LogP contribution in [0.25, 0.3) is 0 Å². The summed E-state index contributed by atoms with van der Waals surface area (Å²) in [5.74, 6) is -0.739. The van der Waals surface area contributed by atoms with Gasteiger partial charge in [0.1, 0.15) is 0 Å². The molecule has 0 heterocycles. The van der Waals surface area contributed by atoms with Crippen LogP contribution in [-0.2, 0) is 4.79 Å². The van der Waals surface area contributed by atoms with E-state index in [4.69, 9.17) is 5.11 Å². The molecule has 0 saturated heterocycles. The fraction of sp³-hybridized carbons (Fsp3) is 0.562. The Labute approximate surface area is 111 Å². The summed E-state index contributed by atoms with van der Waals surface area (Å²) in [4.78, 5) is 10.2. The Morgan fingerprint density at radius 3 is 2.17 bits per heavy atom. The minimum atomic E-state index is -0.739. The standard InChI is InChI=1S/C16H26O2/c1-2-3-4-5-6-7-8-9-10-11-12-13-14-15-16(17)18/h6-7,10-13H,2-5,8-9,14-15H2,1H3,(H,17,18)/b7-6+,11-10+,13-12+. The first-order valence-corrected chi connectivity index (χ1v) is 6.95. The Morgan fingerprint density at radius 2 is 1.50 bits per heavy atom. The van der Waals surface area contributed by atoms with Gasteiger partial charge in [0.05, 0.1) is 0 Å². The summed E-state index contributed by atoms with van der Waals surface area (Å²) in [5.41, 5.74) is 0. The van der Waals surface area contributed by atoms with Crippen molar-refractivity contribution in [3.8, 4) is 0 Å². The van der Waals surface area contributed by atoms with Crippen molar-refractivity contribution in [3.05, 3.63) is 36.5 Å². The summed E-state index contributed by atoms with van der Waals surface area (Å²) in [6.07, 6.45) is 20.5. The summed E-state index contributed by atoms with van der Waals surface area (Å²) in [7, 11) is 0. The van der Waals surface area contributed by atoms with Crippen molar-refractivity contribution in [1.29, 1.82) is 0 Å². The van der Waals surface area contributed by atoms with Gasteiger partial charge in [-0.25, -0.2) is 0 Å². The molecule has 0 radical (unpaired) electrons. The third kappa shape index (κ3) is 14.7. The number of carboxylic acid groups (broad SMARTS) is 1. The minimum absolute atomic E-state index is 0.213. The zero-order chi connectivity index (χ0) is 13.5. The van der Waals surface area contributed by atoms with E-state index in [1.54, 1.807) is 0 Å². The summed E-state index contributed by atoms with van der Waals surface area (Å²) < 4.78 is 0. The Hall–Kier alpha value is -1.31. The summed E-state index contributed by atoms with van der Waals surface area (Å²) in [6, 6.07) is 0. The van der Waals surface area contributed by atoms with E-state index < -0.39 is 5.97 Å². The van der Waals surface area contributed by atoms with Crippen LogP contribution in [0.3, 0.4) is 0 Å². The van der Waals surface area contributed by atoms with Crippen molar-refractivity contribution >= 4 is 5.97 Å². The lowest BCUT2D eigenvalue weighted by Gasteiger charge is -1.91. The van der Waals surface area contributed by atoms with E-state index in [0.29, 0.717) is 6.42 Å². The van der Waals surface area contributed by atoms with Gasteiger partial charge in [0, 0.05) is 6.42 Å². The Bertz CT molecular complexity index is 275. The lowest BCUT2D eigenvalue weighted by atomic mass is 10.2. The van der Waals surface area contributed by atoms with Gasteiger partial charge in [-0.05, 0) is 32.1 Å². The first-order valence-electron chi connectivity index (χ1n) is 6.95. The van der Waals surface area contributed by atoms with E-state index in [2.05, 4.69) is 25.2 Å². The molecule has 0 rings (SSSR count). The highest BCUT2D eigenvalue weighted by Crippen LogP contribution is 2.01. The SMILES string of the molecule is CCCCC/C=C/CC/C=C/C=C/CCC(=O)O. The molecule has 102 valence electrons. The Morgan fingerprint density at radius 1 is 0.889 bits per heavy atom. The second kappa shape index (κ2) is 13.8. The van der Waals surface area contributed by atoms with Crippen molar-refractivity contribution in [2.75, 3.05) is 0 Å². The highest BCUT2D eigenvalue weighted by molar-refractivity contribution is 5.66. The van der Waals surface area contributed by atoms with E-state index >= 15 is 0 Å². The van der Waals surface area contributed by atoms with E-state index in [0.717, 1.165) is 12.8 Å². The van der Waals surface area contributed by atoms with Gasteiger partial charge < -0.3 is 5.11 Å². The molecule has 1 N–H and O–H groups in total. The van der Waals surface area contributed by atoms with E-state index in [-0.39, 0.29) is 6.42 Å². The Balaban J connectivity index is 3.34. The van der Waals surface area contributed by atoms with Crippen LogP contribution >= 0.6 is 0 Å². The van der Waals surface area contributed by atoms with Crippen LogP contribution in [0.1, 0.15) is 58.3 Å². The highest BCUT2D eigenvalue weighted by atomic mass is 16.4. The van der Waals surface area contributed by atoms with Gasteiger partial charge in [0.15, 0.2) is 0 Å². The third-order valence-electron chi connectivity index (χ3n) is 2.55. The van der Waals surface area contributed by atoms with Crippen LogP contribution in [0.4, 0.5) is 0 Å².